The van der Waals surface area contributed by atoms with Gasteiger partial charge in [-0.1, -0.05) is 30.8 Å². The Balaban J connectivity index is 1.99. The molecular weight excluding hydrogens is 323 g/mol. The van der Waals surface area contributed by atoms with Crippen LogP contribution in [0.3, 0.4) is 0 Å². The lowest BCUT2D eigenvalue weighted by Crippen LogP contribution is -2.07. The van der Waals surface area contributed by atoms with Crippen molar-refractivity contribution < 1.29 is 17.9 Å². The van der Waals surface area contributed by atoms with Crippen molar-refractivity contribution >= 4 is 21.6 Å². The number of para-hydroxylation sites is 1. The van der Waals surface area contributed by atoms with Crippen LogP contribution in [-0.2, 0) is 10.9 Å². The van der Waals surface area contributed by atoms with E-state index >= 15 is 0 Å². The first-order valence-electron chi connectivity index (χ1n) is 6.78. The Bertz CT molecular complexity index is 791. The van der Waals surface area contributed by atoms with Crippen LogP contribution in [-0.4, -0.2) is 4.98 Å². The summed E-state index contributed by atoms with van der Waals surface area (Å²) < 4.78 is 44.5. The van der Waals surface area contributed by atoms with E-state index in [2.05, 4.69) is 11.6 Å². The zero-order chi connectivity index (χ0) is 16.4. The van der Waals surface area contributed by atoms with Gasteiger partial charge in [-0.2, -0.15) is 13.2 Å². The van der Waals surface area contributed by atoms with Crippen LogP contribution in [0, 0.1) is 0 Å². The molecule has 3 rings (SSSR count). The van der Waals surface area contributed by atoms with E-state index in [-0.39, 0.29) is 0 Å². The molecule has 0 bridgehead atoms. The number of benzene rings is 2. The Labute approximate surface area is 134 Å². The number of hydrogen-bond acceptors (Lipinski definition) is 3. The lowest BCUT2D eigenvalue weighted by Gasteiger charge is -2.15. The van der Waals surface area contributed by atoms with E-state index in [9.17, 15) is 13.2 Å². The first-order valence-corrected chi connectivity index (χ1v) is 7.59. The highest BCUT2D eigenvalue weighted by atomic mass is 32.1. The molecule has 118 valence electrons. The summed E-state index contributed by atoms with van der Waals surface area (Å²) >= 11 is 1.44. The first-order chi connectivity index (χ1) is 11.0. The fourth-order valence-corrected chi connectivity index (χ4v) is 3.26. The lowest BCUT2D eigenvalue weighted by molar-refractivity contribution is -0.137. The number of aromatic nitrogens is 1. The molecule has 0 saturated carbocycles. The first kappa shape index (κ1) is 15.6. The number of alkyl halides is 3. The number of thiazole rings is 1. The Hall–Kier alpha value is -2.34. The number of halogens is 3. The van der Waals surface area contributed by atoms with Crippen molar-refractivity contribution in [2.24, 2.45) is 0 Å². The van der Waals surface area contributed by atoms with Crippen molar-refractivity contribution in [3.63, 3.8) is 0 Å². The molecule has 0 radical (unpaired) electrons. The molecule has 1 heterocycles. The topological polar surface area (TPSA) is 22.1 Å². The predicted octanol–water partition coefficient (Wildman–Crippen LogP) is 5.56. The number of nitrogens with zero attached hydrogens (tertiary/aromatic N) is 1. The lowest BCUT2D eigenvalue weighted by atomic mass is 10.1. The monoisotopic (exact) mass is 335 g/mol. The van der Waals surface area contributed by atoms with E-state index < -0.39 is 17.8 Å². The zero-order valence-corrected chi connectivity index (χ0v) is 12.7. The summed E-state index contributed by atoms with van der Waals surface area (Å²) in [7, 11) is 0. The highest BCUT2D eigenvalue weighted by Gasteiger charge is 2.30. The van der Waals surface area contributed by atoms with Crippen molar-refractivity contribution in [2.45, 2.75) is 12.3 Å². The third-order valence-corrected chi connectivity index (χ3v) is 4.39. The van der Waals surface area contributed by atoms with Gasteiger partial charge in [0.2, 0.25) is 0 Å². The second-order valence-electron chi connectivity index (χ2n) is 4.82. The van der Waals surface area contributed by atoms with Gasteiger partial charge in [-0.25, -0.2) is 4.98 Å². The molecule has 0 amide bonds. The third-order valence-electron chi connectivity index (χ3n) is 3.31. The normalized spacial score (nSPS) is 13.0. The molecule has 3 aromatic rings. The van der Waals surface area contributed by atoms with Crippen LogP contribution in [0.2, 0.25) is 0 Å². The molecule has 1 unspecified atom stereocenters. The predicted molar refractivity (Wildman–Crippen MR) is 84.2 cm³/mol. The summed E-state index contributed by atoms with van der Waals surface area (Å²) in [5.41, 5.74) is 0.733. The second kappa shape index (κ2) is 6.04. The molecule has 2 aromatic carbocycles. The molecule has 1 atom stereocenters. The number of rotatable bonds is 4. The zero-order valence-electron chi connectivity index (χ0n) is 11.9. The van der Waals surface area contributed by atoms with Gasteiger partial charge in [-0.05, 0) is 29.8 Å². The molecule has 2 nitrogen and oxygen atoms in total. The van der Waals surface area contributed by atoms with Crippen molar-refractivity contribution in [2.75, 3.05) is 0 Å². The van der Waals surface area contributed by atoms with Crippen molar-refractivity contribution in [3.05, 3.63) is 77.5 Å². The number of ether oxygens (including phenoxy) is 1. The van der Waals surface area contributed by atoms with Gasteiger partial charge < -0.3 is 4.74 Å². The average molecular weight is 335 g/mol. The van der Waals surface area contributed by atoms with E-state index in [0.717, 1.165) is 22.3 Å². The molecule has 0 saturated heterocycles. The summed E-state index contributed by atoms with van der Waals surface area (Å²) in [5, 5.41) is 0.672. The van der Waals surface area contributed by atoms with Crippen molar-refractivity contribution in [3.8, 4) is 0 Å². The molecule has 0 aliphatic rings. The molecule has 1 aromatic heterocycles. The molecule has 23 heavy (non-hydrogen) atoms. The highest BCUT2D eigenvalue weighted by Crippen LogP contribution is 2.35. The quantitative estimate of drug-likeness (QED) is 0.582. The highest BCUT2D eigenvalue weighted by molar-refractivity contribution is 7.18. The van der Waals surface area contributed by atoms with Gasteiger partial charge in [-0.15, -0.1) is 11.3 Å². The number of hydrogen-bond donors (Lipinski definition) is 0. The van der Waals surface area contributed by atoms with Crippen LogP contribution in [0.25, 0.3) is 10.2 Å². The minimum Gasteiger partial charge on any atom is -0.487 e. The third kappa shape index (κ3) is 3.22. The fraction of sp³-hybridized carbons (Fsp3) is 0.118. The summed E-state index contributed by atoms with van der Waals surface area (Å²) in [6.07, 6.45) is -3.66. The van der Waals surface area contributed by atoms with E-state index in [1.165, 1.54) is 29.7 Å². The molecule has 0 fully saturated rings. The maximum absolute atomic E-state index is 12.7. The van der Waals surface area contributed by atoms with Gasteiger partial charge in [-0.3, -0.25) is 0 Å². The van der Waals surface area contributed by atoms with Crippen LogP contribution in [0.1, 0.15) is 22.2 Å². The summed E-state index contributed by atoms with van der Waals surface area (Å²) in [6, 6.07) is 12.5. The SMILES string of the molecule is C=COC(c1ccc(C(F)(F)F)cc1)c1nc2ccccc2s1. The minimum absolute atomic E-state index is 0.577. The molecule has 0 spiro atoms. The molecular formula is C17H12F3NOS. The Morgan fingerprint density at radius 1 is 1.09 bits per heavy atom. The van der Waals surface area contributed by atoms with Crippen molar-refractivity contribution in [1.29, 1.82) is 0 Å². The fourth-order valence-electron chi connectivity index (χ4n) is 2.22. The van der Waals surface area contributed by atoms with Crippen LogP contribution < -0.4 is 0 Å². The van der Waals surface area contributed by atoms with Gasteiger partial charge >= 0.3 is 6.18 Å². The molecule has 0 aliphatic carbocycles. The van der Waals surface area contributed by atoms with E-state index in [4.69, 9.17) is 4.74 Å². The van der Waals surface area contributed by atoms with Crippen molar-refractivity contribution in [1.82, 2.24) is 4.98 Å². The van der Waals surface area contributed by atoms with Gasteiger partial charge in [0.1, 0.15) is 5.01 Å². The Kier molecular flexibility index (Phi) is 4.09. The summed E-state index contributed by atoms with van der Waals surface area (Å²) in [4.78, 5) is 4.50. The van der Waals surface area contributed by atoms with E-state index in [1.807, 2.05) is 24.3 Å². The second-order valence-corrected chi connectivity index (χ2v) is 5.88. The Morgan fingerprint density at radius 3 is 2.39 bits per heavy atom. The average Bonchev–Trinajstić information content (AvgIpc) is 2.95. The smallest absolute Gasteiger partial charge is 0.416 e. The van der Waals surface area contributed by atoms with E-state index in [1.54, 1.807) is 0 Å². The maximum Gasteiger partial charge on any atom is 0.416 e. The van der Waals surface area contributed by atoms with Gasteiger partial charge in [0, 0.05) is 0 Å². The Morgan fingerprint density at radius 2 is 1.78 bits per heavy atom. The molecule has 0 aliphatic heterocycles. The minimum atomic E-state index is -4.36. The van der Waals surface area contributed by atoms with E-state index in [0.29, 0.717) is 10.6 Å². The maximum atomic E-state index is 12.7. The van der Waals surface area contributed by atoms with Crippen LogP contribution in [0.5, 0.6) is 0 Å². The standard InChI is InChI=1S/C17H12F3NOS/c1-2-22-15(11-7-9-12(10-8-11)17(18,19)20)16-21-13-5-3-4-6-14(13)23-16/h2-10,15H,1H2. The van der Waals surface area contributed by atoms with Crippen LogP contribution in [0.4, 0.5) is 13.2 Å². The molecule has 6 heteroatoms. The molecule has 0 N–H and O–H groups in total. The number of fused-ring (bicyclic) bond motifs is 1. The van der Waals surface area contributed by atoms with Crippen LogP contribution >= 0.6 is 11.3 Å². The summed E-state index contributed by atoms with van der Waals surface area (Å²) in [5.74, 6) is 0. The van der Waals surface area contributed by atoms with Gasteiger partial charge in [0.25, 0.3) is 0 Å². The largest absolute Gasteiger partial charge is 0.487 e. The van der Waals surface area contributed by atoms with Gasteiger partial charge in [0.15, 0.2) is 6.10 Å². The van der Waals surface area contributed by atoms with Gasteiger partial charge in [0.05, 0.1) is 22.0 Å². The summed E-state index contributed by atoms with van der Waals surface area (Å²) in [6.45, 7) is 3.54. The van der Waals surface area contributed by atoms with Crippen LogP contribution in [0.15, 0.2) is 61.4 Å².